The van der Waals surface area contributed by atoms with Crippen LogP contribution in [0.15, 0.2) is 41.3 Å². The fourth-order valence-electron chi connectivity index (χ4n) is 1.75. The van der Waals surface area contributed by atoms with Crippen molar-refractivity contribution in [2.45, 2.75) is 6.54 Å². The smallest absolute Gasteiger partial charge is 0.250 e. The zero-order valence-electron chi connectivity index (χ0n) is 10.9. The van der Waals surface area contributed by atoms with Gasteiger partial charge < -0.3 is 19.7 Å². The van der Waals surface area contributed by atoms with Gasteiger partial charge in [-0.15, -0.1) is 0 Å². The van der Waals surface area contributed by atoms with Crippen molar-refractivity contribution in [1.82, 2.24) is 4.57 Å². The number of phenolic OH excluding ortho intramolecular Hbond substituents is 1. The predicted molar refractivity (Wildman–Crippen MR) is 73.7 cm³/mol. The van der Waals surface area contributed by atoms with Crippen LogP contribution < -0.4 is 15.6 Å². The molecule has 0 radical (unpaired) electrons. The van der Waals surface area contributed by atoms with Gasteiger partial charge in [0.2, 0.25) is 5.56 Å². The second-order valence-corrected chi connectivity index (χ2v) is 4.23. The molecular weight excluding hydrogens is 244 g/mol. The molecule has 0 aliphatic rings. The Labute approximate surface area is 111 Å². The number of ether oxygens (including phenoxy) is 1. The highest BCUT2D eigenvalue weighted by Gasteiger charge is 2.02. The molecule has 5 nitrogen and oxygen atoms in total. The molecule has 0 unspecified atom stereocenters. The summed E-state index contributed by atoms with van der Waals surface area (Å²) in [6.45, 7) is 0.551. The van der Waals surface area contributed by atoms with Crippen molar-refractivity contribution in [1.29, 1.82) is 0 Å². The number of benzene rings is 1. The number of nitrogens with one attached hydrogen (secondary N) is 1. The highest BCUT2D eigenvalue weighted by Crippen LogP contribution is 2.26. The predicted octanol–water partition coefficient (Wildman–Crippen LogP) is 1.71. The van der Waals surface area contributed by atoms with Crippen molar-refractivity contribution >= 4 is 5.69 Å². The zero-order chi connectivity index (χ0) is 13.8. The van der Waals surface area contributed by atoms with Crippen LogP contribution in [0.1, 0.15) is 5.56 Å². The van der Waals surface area contributed by atoms with Crippen molar-refractivity contribution in [3.05, 3.63) is 52.4 Å². The maximum absolute atomic E-state index is 11.2. The van der Waals surface area contributed by atoms with Crippen LogP contribution in [0.25, 0.3) is 0 Å². The van der Waals surface area contributed by atoms with Crippen molar-refractivity contribution < 1.29 is 9.84 Å². The van der Waals surface area contributed by atoms with E-state index in [4.69, 9.17) is 4.74 Å². The molecular formula is C14H16N2O3. The fraction of sp³-hybridized carbons (Fsp3) is 0.214. The van der Waals surface area contributed by atoms with Crippen LogP contribution in [-0.4, -0.2) is 16.8 Å². The van der Waals surface area contributed by atoms with E-state index in [9.17, 15) is 9.90 Å². The highest BCUT2D eigenvalue weighted by molar-refractivity contribution is 5.45. The van der Waals surface area contributed by atoms with Gasteiger partial charge in [0.05, 0.1) is 12.8 Å². The lowest BCUT2D eigenvalue weighted by atomic mass is 10.2. The molecule has 1 heterocycles. The molecule has 0 spiro atoms. The zero-order valence-corrected chi connectivity index (χ0v) is 10.9. The number of rotatable bonds is 4. The average molecular weight is 260 g/mol. The average Bonchev–Trinajstić information content (AvgIpc) is 2.40. The summed E-state index contributed by atoms with van der Waals surface area (Å²) in [6, 6.07) is 8.47. The Bertz CT molecular complexity index is 635. The van der Waals surface area contributed by atoms with Crippen LogP contribution >= 0.6 is 0 Å². The molecule has 1 aromatic heterocycles. The van der Waals surface area contributed by atoms with Crippen LogP contribution in [0.4, 0.5) is 5.69 Å². The summed E-state index contributed by atoms with van der Waals surface area (Å²) in [5, 5.41) is 12.9. The number of aromatic nitrogens is 1. The number of phenols is 1. The van der Waals surface area contributed by atoms with Crippen molar-refractivity contribution in [2.75, 3.05) is 12.4 Å². The minimum atomic E-state index is -0.0485. The molecule has 19 heavy (non-hydrogen) atoms. The van der Waals surface area contributed by atoms with E-state index in [1.807, 2.05) is 6.07 Å². The first-order valence-corrected chi connectivity index (χ1v) is 5.86. The lowest BCUT2D eigenvalue weighted by molar-refractivity contribution is 0.373. The van der Waals surface area contributed by atoms with Gasteiger partial charge in [-0.25, -0.2) is 0 Å². The highest BCUT2D eigenvalue weighted by atomic mass is 16.5. The molecule has 1 aromatic carbocycles. The molecule has 0 aliphatic carbocycles. The molecule has 2 aromatic rings. The summed E-state index contributed by atoms with van der Waals surface area (Å²) in [4.78, 5) is 11.2. The molecule has 0 atom stereocenters. The molecule has 5 heteroatoms. The Hall–Kier alpha value is -2.43. The second kappa shape index (κ2) is 5.48. The van der Waals surface area contributed by atoms with Gasteiger partial charge in [-0.1, -0.05) is 6.07 Å². The third-order valence-electron chi connectivity index (χ3n) is 2.83. The van der Waals surface area contributed by atoms with E-state index in [1.165, 1.54) is 17.7 Å². The van der Waals surface area contributed by atoms with Gasteiger partial charge in [-0.2, -0.15) is 0 Å². The maximum atomic E-state index is 11.2. The first-order chi connectivity index (χ1) is 9.10. The fourth-order valence-corrected chi connectivity index (χ4v) is 1.75. The van der Waals surface area contributed by atoms with E-state index in [0.29, 0.717) is 12.3 Å². The second-order valence-electron chi connectivity index (χ2n) is 4.23. The Morgan fingerprint density at radius 1 is 1.32 bits per heavy atom. The van der Waals surface area contributed by atoms with E-state index >= 15 is 0 Å². The Morgan fingerprint density at radius 3 is 2.74 bits per heavy atom. The molecule has 0 saturated heterocycles. The van der Waals surface area contributed by atoms with Gasteiger partial charge in [0, 0.05) is 25.9 Å². The van der Waals surface area contributed by atoms with E-state index in [0.717, 1.165) is 11.3 Å². The van der Waals surface area contributed by atoms with Crippen LogP contribution in [0.3, 0.4) is 0 Å². The Balaban J connectivity index is 2.08. The maximum Gasteiger partial charge on any atom is 0.250 e. The minimum Gasteiger partial charge on any atom is -0.504 e. The molecule has 2 N–H and O–H groups in total. The molecule has 0 amide bonds. The number of aromatic hydroxyl groups is 1. The van der Waals surface area contributed by atoms with Crippen molar-refractivity contribution in [2.24, 2.45) is 7.05 Å². The first kappa shape index (κ1) is 13.0. The quantitative estimate of drug-likeness (QED) is 0.878. The number of hydrogen-bond donors (Lipinski definition) is 2. The van der Waals surface area contributed by atoms with Gasteiger partial charge in [-0.05, 0) is 23.8 Å². The summed E-state index contributed by atoms with van der Waals surface area (Å²) in [5.41, 5.74) is 1.72. The Morgan fingerprint density at radius 2 is 2.11 bits per heavy atom. The van der Waals surface area contributed by atoms with Crippen LogP contribution in [0.2, 0.25) is 0 Å². The molecule has 0 aliphatic heterocycles. The number of hydrogen-bond acceptors (Lipinski definition) is 4. The number of pyridine rings is 1. The third kappa shape index (κ3) is 3.07. The van der Waals surface area contributed by atoms with Crippen LogP contribution in [0.5, 0.6) is 11.5 Å². The van der Waals surface area contributed by atoms with Gasteiger partial charge in [-0.3, -0.25) is 4.79 Å². The van der Waals surface area contributed by atoms with Gasteiger partial charge >= 0.3 is 0 Å². The molecule has 0 fully saturated rings. The molecule has 0 bridgehead atoms. The summed E-state index contributed by atoms with van der Waals surface area (Å²) in [5.74, 6) is 0.563. The SMILES string of the molecule is COc1ccc(CNc2ccc(=O)n(C)c2)cc1O. The van der Waals surface area contributed by atoms with Crippen molar-refractivity contribution in [3.63, 3.8) is 0 Å². The summed E-state index contributed by atoms with van der Waals surface area (Å²) in [6.07, 6.45) is 1.73. The molecule has 0 saturated carbocycles. The van der Waals surface area contributed by atoms with Gasteiger partial charge in [0.1, 0.15) is 0 Å². The lowest BCUT2D eigenvalue weighted by Crippen LogP contribution is -2.15. The summed E-state index contributed by atoms with van der Waals surface area (Å²) in [7, 11) is 3.21. The van der Waals surface area contributed by atoms with Crippen LogP contribution in [0, 0.1) is 0 Å². The van der Waals surface area contributed by atoms with E-state index < -0.39 is 0 Å². The van der Waals surface area contributed by atoms with E-state index in [1.54, 1.807) is 31.4 Å². The number of methoxy groups -OCH3 is 1. The van der Waals surface area contributed by atoms with Crippen LogP contribution in [-0.2, 0) is 13.6 Å². The normalized spacial score (nSPS) is 10.2. The number of nitrogens with zero attached hydrogens (tertiary/aromatic N) is 1. The minimum absolute atomic E-state index is 0.0485. The number of aryl methyl sites for hydroxylation is 1. The largest absolute Gasteiger partial charge is 0.504 e. The van der Waals surface area contributed by atoms with Gasteiger partial charge in [0.25, 0.3) is 0 Å². The standard InChI is InChI=1S/C14H16N2O3/c1-16-9-11(4-6-14(16)18)15-8-10-3-5-13(19-2)12(17)7-10/h3-7,9,15,17H,8H2,1-2H3. The molecule has 2 rings (SSSR count). The lowest BCUT2D eigenvalue weighted by Gasteiger charge is -2.09. The summed E-state index contributed by atoms with van der Waals surface area (Å²) < 4.78 is 6.49. The third-order valence-corrected chi connectivity index (χ3v) is 2.83. The molecule has 100 valence electrons. The first-order valence-electron chi connectivity index (χ1n) is 5.86. The summed E-state index contributed by atoms with van der Waals surface area (Å²) >= 11 is 0. The monoisotopic (exact) mass is 260 g/mol. The van der Waals surface area contributed by atoms with Gasteiger partial charge in [0.15, 0.2) is 11.5 Å². The van der Waals surface area contributed by atoms with Crippen molar-refractivity contribution in [3.8, 4) is 11.5 Å². The number of anilines is 1. The van der Waals surface area contributed by atoms with E-state index in [2.05, 4.69) is 5.32 Å². The topological polar surface area (TPSA) is 63.5 Å². The Kier molecular flexibility index (Phi) is 3.75. The van der Waals surface area contributed by atoms with E-state index in [-0.39, 0.29) is 11.3 Å².